The second-order valence-corrected chi connectivity index (χ2v) is 6.35. The molecule has 21 heavy (non-hydrogen) atoms. The molecule has 1 aromatic rings. The maximum Gasteiger partial charge on any atom is 0.317 e. The number of carbonyl (C=O) groups is 2. The van der Waals surface area contributed by atoms with E-state index in [1.54, 1.807) is 4.90 Å². The highest BCUT2D eigenvalue weighted by atomic mass is 35.5. The highest BCUT2D eigenvalue weighted by molar-refractivity contribution is 6.30. The summed E-state index contributed by atoms with van der Waals surface area (Å²) in [6.07, 6.45) is 1.42. The van der Waals surface area contributed by atoms with Crippen molar-refractivity contribution in [3.05, 3.63) is 34.9 Å². The first-order chi connectivity index (χ1) is 10.1. The summed E-state index contributed by atoms with van der Waals surface area (Å²) in [7, 11) is 0. The first-order valence-corrected chi connectivity index (χ1v) is 7.48. The zero-order valence-corrected chi connectivity index (χ0v) is 12.4. The summed E-state index contributed by atoms with van der Waals surface area (Å²) in [5.41, 5.74) is 0.966. The number of halogens is 1. The van der Waals surface area contributed by atoms with Crippen LogP contribution in [0.2, 0.25) is 5.02 Å². The van der Waals surface area contributed by atoms with Crippen molar-refractivity contribution >= 4 is 23.5 Å². The number of nitrogens with one attached hydrogen (secondary N) is 2. The quantitative estimate of drug-likeness (QED) is 0.874. The number of urea groups is 1. The van der Waals surface area contributed by atoms with Crippen molar-refractivity contribution in [1.82, 2.24) is 15.5 Å². The van der Waals surface area contributed by atoms with Gasteiger partial charge in [0.1, 0.15) is 0 Å². The Hall–Kier alpha value is -1.75. The van der Waals surface area contributed by atoms with Gasteiger partial charge in [0.05, 0.1) is 0 Å². The number of rotatable bonds is 2. The SMILES string of the molecule is O=C1CC2(CCN(C(=O)NCc3ccc(Cl)cc3)C2)CN1. The monoisotopic (exact) mass is 307 g/mol. The lowest BCUT2D eigenvalue weighted by atomic mass is 9.86. The van der Waals surface area contributed by atoms with Crippen LogP contribution in [0.1, 0.15) is 18.4 Å². The second-order valence-electron chi connectivity index (χ2n) is 5.91. The highest BCUT2D eigenvalue weighted by Crippen LogP contribution is 2.36. The van der Waals surface area contributed by atoms with Crippen molar-refractivity contribution in [1.29, 1.82) is 0 Å². The molecule has 5 nitrogen and oxygen atoms in total. The fourth-order valence-corrected chi connectivity index (χ4v) is 3.17. The van der Waals surface area contributed by atoms with Crippen LogP contribution in [0.3, 0.4) is 0 Å². The van der Waals surface area contributed by atoms with E-state index in [-0.39, 0.29) is 17.4 Å². The van der Waals surface area contributed by atoms with E-state index in [1.165, 1.54) is 0 Å². The van der Waals surface area contributed by atoms with E-state index in [4.69, 9.17) is 11.6 Å². The molecule has 1 aromatic carbocycles. The zero-order valence-electron chi connectivity index (χ0n) is 11.7. The van der Waals surface area contributed by atoms with Crippen molar-refractivity contribution in [2.24, 2.45) is 5.41 Å². The van der Waals surface area contributed by atoms with Gasteiger partial charge in [0, 0.05) is 43.0 Å². The van der Waals surface area contributed by atoms with E-state index in [2.05, 4.69) is 10.6 Å². The molecular formula is C15H18ClN3O2. The standard InChI is InChI=1S/C15H18ClN3O2/c16-12-3-1-11(2-4-12)8-17-14(21)19-6-5-15(10-19)7-13(20)18-9-15/h1-4H,5-10H2,(H,17,21)(H,18,20). The molecule has 2 fully saturated rings. The van der Waals surface area contributed by atoms with Crippen molar-refractivity contribution < 1.29 is 9.59 Å². The van der Waals surface area contributed by atoms with Crippen LogP contribution in [0.25, 0.3) is 0 Å². The van der Waals surface area contributed by atoms with Crippen molar-refractivity contribution in [3.8, 4) is 0 Å². The van der Waals surface area contributed by atoms with Crippen molar-refractivity contribution in [2.45, 2.75) is 19.4 Å². The molecule has 6 heteroatoms. The average Bonchev–Trinajstić information content (AvgIpc) is 3.05. The molecule has 2 saturated heterocycles. The molecule has 0 saturated carbocycles. The summed E-state index contributed by atoms with van der Waals surface area (Å²) in [4.78, 5) is 25.4. The molecule has 2 aliphatic rings. The Morgan fingerprint density at radius 3 is 2.81 bits per heavy atom. The molecule has 1 spiro atoms. The molecule has 3 rings (SSSR count). The molecule has 1 atom stereocenters. The van der Waals surface area contributed by atoms with E-state index < -0.39 is 0 Å². The Balaban J connectivity index is 1.52. The first kappa shape index (κ1) is 14.2. The molecule has 0 bridgehead atoms. The summed E-state index contributed by atoms with van der Waals surface area (Å²) >= 11 is 5.83. The molecule has 0 radical (unpaired) electrons. The number of likely N-dealkylation sites (tertiary alicyclic amines) is 1. The maximum absolute atomic E-state index is 12.2. The van der Waals surface area contributed by atoms with Gasteiger partial charge in [0.2, 0.25) is 5.91 Å². The predicted molar refractivity (Wildman–Crippen MR) is 79.9 cm³/mol. The number of amides is 3. The number of benzene rings is 1. The summed E-state index contributed by atoms with van der Waals surface area (Å²) in [6, 6.07) is 7.34. The summed E-state index contributed by atoms with van der Waals surface area (Å²) in [5, 5.41) is 6.47. The molecule has 2 N–H and O–H groups in total. The topological polar surface area (TPSA) is 61.4 Å². The Morgan fingerprint density at radius 1 is 1.38 bits per heavy atom. The van der Waals surface area contributed by atoms with E-state index in [0.717, 1.165) is 12.0 Å². The molecule has 0 aromatic heterocycles. The Labute approximate surface area is 128 Å². The highest BCUT2D eigenvalue weighted by Gasteiger charge is 2.45. The van der Waals surface area contributed by atoms with Gasteiger partial charge in [0.15, 0.2) is 0 Å². The van der Waals surface area contributed by atoms with Gasteiger partial charge in [-0.3, -0.25) is 4.79 Å². The third-order valence-corrected chi connectivity index (χ3v) is 4.53. The maximum atomic E-state index is 12.2. The predicted octanol–water partition coefficient (Wildman–Crippen LogP) is 1.76. The summed E-state index contributed by atoms with van der Waals surface area (Å²) in [5.74, 6) is 0.0958. The molecule has 0 aliphatic carbocycles. The van der Waals surface area contributed by atoms with E-state index in [9.17, 15) is 9.59 Å². The molecular weight excluding hydrogens is 290 g/mol. The van der Waals surface area contributed by atoms with Crippen molar-refractivity contribution in [3.63, 3.8) is 0 Å². The number of carbonyl (C=O) groups excluding carboxylic acids is 2. The van der Waals surface area contributed by atoms with Crippen LogP contribution in [0.5, 0.6) is 0 Å². The van der Waals surface area contributed by atoms with Gasteiger partial charge in [-0.15, -0.1) is 0 Å². The van der Waals surface area contributed by atoms with Crippen LogP contribution >= 0.6 is 11.6 Å². The van der Waals surface area contributed by atoms with Gasteiger partial charge in [-0.1, -0.05) is 23.7 Å². The Morgan fingerprint density at radius 2 is 2.14 bits per heavy atom. The van der Waals surface area contributed by atoms with Crippen LogP contribution in [0.15, 0.2) is 24.3 Å². The minimum Gasteiger partial charge on any atom is -0.355 e. The number of nitrogens with zero attached hydrogens (tertiary/aromatic N) is 1. The van der Waals surface area contributed by atoms with Gasteiger partial charge < -0.3 is 15.5 Å². The first-order valence-electron chi connectivity index (χ1n) is 7.10. The van der Waals surface area contributed by atoms with Crippen LogP contribution in [-0.4, -0.2) is 36.5 Å². The second kappa shape index (κ2) is 5.56. The van der Waals surface area contributed by atoms with Crippen LogP contribution in [-0.2, 0) is 11.3 Å². The lowest BCUT2D eigenvalue weighted by molar-refractivity contribution is -0.119. The normalized spacial score (nSPS) is 24.4. The molecule has 3 amide bonds. The van der Waals surface area contributed by atoms with Crippen LogP contribution in [0.4, 0.5) is 4.79 Å². The van der Waals surface area contributed by atoms with E-state index in [0.29, 0.717) is 37.6 Å². The lowest BCUT2D eigenvalue weighted by Gasteiger charge is -2.22. The van der Waals surface area contributed by atoms with Crippen LogP contribution in [0, 0.1) is 5.41 Å². The van der Waals surface area contributed by atoms with E-state index in [1.807, 2.05) is 24.3 Å². The molecule has 112 valence electrons. The third kappa shape index (κ3) is 3.13. The molecule has 2 aliphatic heterocycles. The van der Waals surface area contributed by atoms with Gasteiger partial charge in [-0.05, 0) is 24.1 Å². The lowest BCUT2D eigenvalue weighted by Crippen LogP contribution is -2.40. The number of hydrogen-bond acceptors (Lipinski definition) is 2. The Kier molecular flexibility index (Phi) is 3.76. The fraction of sp³-hybridized carbons (Fsp3) is 0.467. The van der Waals surface area contributed by atoms with Gasteiger partial charge in [0.25, 0.3) is 0 Å². The zero-order chi connectivity index (χ0) is 14.9. The van der Waals surface area contributed by atoms with Crippen molar-refractivity contribution in [2.75, 3.05) is 19.6 Å². The third-order valence-electron chi connectivity index (χ3n) is 4.28. The minimum atomic E-state index is -0.0684. The fourth-order valence-electron chi connectivity index (χ4n) is 3.04. The van der Waals surface area contributed by atoms with E-state index >= 15 is 0 Å². The largest absolute Gasteiger partial charge is 0.355 e. The summed E-state index contributed by atoms with van der Waals surface area (Å²) in [6.45, 7) is 2.53. The molecule has 1 unspecified atom stereocenters. The van der Waals surface area contributed by atoms with Gasteiger partial charge in [-0.2, -0.15) is 0 Å². The van der Waals surface area contributed by atoms with Crippen LogP contribution < -0.4 is 10.6 Å². The number of hydrogen-bond donors (Lipinski definition) is 2. The van der Waals surface area contributed by atoms with Gasteiger partial charge >= 0.3 is 6.03 Å². The average molecular weight is 308 g/mol. The summed E-state index contributed by atoms with van der Waals surface area (Å²) < 4.78 is 0. The van der Waals surface area contributed by atoms with Gasteiger partial charge in [-0.25, -0.2) is 4.79 Å². The Bertz CT molecular complexity index is 561. The minimum absolute atomic E-state index is 0.0469. The smallest absolute Gasteiger partial charge is 0.317 e. The molecule has 2 heterocycles.